The topological polar surface area (TPSA) is 45.7 Å². The van der Waals surface area contributed by atoms with E-state index in [9.17, 15) is 0 Å². The van der Waals surface area contributed by atoms with Crippen molar-refractivity contribution >= 4 is 17.3 Å². The van der Waals surface area contributed by atoms with E-state index in [0.717, 1.165) is 16.9 Å². The van der Waals surface area contributed by atoms with Crippen molar-refractivity contribution < 1.29 is 9.62 Å². The van der Waals surface area contributed by atoms with Gasteiger partial charge >= 0.3 is 0 Å². The van der Waals surface area contributed by atoms with Crippen molar-refractivity contribution in [1.82, 2.24) is 0 Å². The molecule has 0 bridgehead atoms. The Morgan fingerprint density at radius 3 is 2.71 bits per heavy atom. The normalized spacial score (nSPS) is 11.8. The van der Waals surface area contributed by atoms with Crippen molar-refractivity contribution in [3.05, 3.63) is 46.7 Å². The Bertz CT molecular complexity index is 573. The quantitative estimate of drug-likeness (QED) is 0.495. The van der Waals surface area contributed by atoms with Crippen molar-refractivity contribution in [2.75, 3.05) is 0 Å². The van der Waals surface area contributed by atoms with Crippen molar-refractivity contribution in [2.24, 2.45) is 5.16 Å². The van der Waals surface area contributed by atoms with Crippen molar-refractivity contribution in [3.8, 4) is 11.3 Å². The molecule has 17 heavy (non-hydrogen) atoms. The van der Waals surface area contributed by atoms with Gasteiger partial charge < -0.3 is 9.62 Å². The van der Waals surface area contributed by atoms with E-state index in [1.54, 1.807) is 13.0 Å². The minimum Gasteiger partial charge on any atom is -0.455 e. The highest BCUT2D eigenvalue weighted by Crippen LogP contribution is 2.27. The fraction of sp³-hybridized carbons (Fsp3) is 0.154. The van der Waals surface area contributed by atoms with Gasteiger partial charge in [-0.3, -0.25) is 0 Å². The van der Waals surface area contributed by atoms with Crippen molar-refractivity contribution in [3.63, 3.8) is 0 Å². The fourth-order valence-corrected chi connectivity index (χ4v) is 1.86. The molecule has 0 unspecified atom stereocenters. The first kappa shape index (κ1) is 11.7. The van der Waals surface area contributed by atoms with E-state index in [1.165, 1.54) is 0 Å². The predicted octanol–water partition coefficient (Wildman–Crippen LogP) is 4.11. The second-order valence-corrected chi connectivity index (χ2v) is 4.24. The Kier molecular flexibility index (Phi) is 3.20. The van der Waals surface area contributed by atoms with Gasteiger partial charge in [-0.25, -0.2) is 0 Å². The summed E-state index contributed by atoms with van der Waals surface area (Å²) in [4.78, 5) is 0. The molecule has 0 fully saturated rings. The van der Waals surface area contributed by atoms with Gasteiger partial charge in [0, 0.05) is 10.6 Å². The molecule has 1 heterocycles. The largest absolute Gasteiger partial charge is 0.455 e. The minimum atomic E-state index is 0.447. The lowest BCUT2D eigenvalue weighted by atomic mass is 10.1. The summed E-state index contributed by atoms with van der Waals surface area (Å²) in [7, 11) is 0. The Morgan fingerprint density at radius 1 is 1.29 bits per heavy atom. The van der Waals surface area contributed by atoms with Gasteiger partial charge in [-0.15, -0.1) is 0 Å². The van der Waals surface area contributed by atoms with Crippen LogP contribution in [-0.4, -0.2) is 10.9 Å². The number of halogens is 1. The second-order valence-electron chi connectivity index (χ2n) is 3.81. The molecule has 0 aliphatic heterocycles. The van der Waals surface area contributed by atoms with Crippen LogP contribution in [0.4, 0.5) is 0 Å². The van der Waals surface area contributed by atoms with Crippen LogP contribution in [0, 0.1) is 6.92 Å². The number of nitrogens with zero attached hydrogens (tertiary/aromatic N) is 1. The lowest BCUT2D eigenvalue weighted by Gasteiger charge is -2.02. The zero-order chi connectivity index (χ0) is 12.4. The molecule has 1 N–H and O–H groups in total. The standard InChI is InChI=1S/C13H12ClNO2/c1-8-7-10(14)3-4-11(8)13-6-5-12(17-13)9(2)15-16/h3-7,16H,1-2H3/b15-9+. The molecule has 0 aliphatic carbocycles. The minimum absolute atomic E-state index is 0.447. The summed E-state index contributed by atoms with van der Waals surface area (Å²) in [5, 5.41) is 12.5. The summed E-state index contributed by atoms with van der Waals surface area (Å²) >= 11 is 5.90. The third-order valence-corrected chi connectivity index (χ3v) is 2.80. The summed E-state index contributed by atoms with van der Waals surface area (Å²) in [6, 6.07) is 9.23. The third kappa shape index (κ3) is 2.34. The molecule has 2 rings (SSSR count). The number of oxime groups is 1. The van der Waals surface area contributed by atoms with Gasteiger partial charge in [-0.1, -0.05) is 16.8 Å². The Morgan fingerprint density at radius 2 is 2.06 bits per heavy atom. The molecular formula is C13H12ClNO2. The smallest absolute Gasteiger partial charge is 0.152 e. The Hall–Kier alpha value is -1.74. The lowest BCUT2D eigenvalue weighted by Crippen LogP contribution is -1.90. The van der Waals surface area contributed by atoms with E-state index in [1.807, 2.05) is 31.2 Å². The molecule has 4 heteroatoms. The highest BCUT2D eigenvalue weighted by molar-refractivity contribution is 6.30. The van der Waals surface area contributed by atoms with Crippen LogP contribution in [-0.2, 0) is 0 Å². The summed E-state index contributed by atoms with van der Waals surface area (Å²) in [5.41, 5.74) is 2.46. The van der Waals surface area contributed by atoms with Gasteiger partial charge in [0.2, 0.25) is 0 Å². The van der Waals surface area contributed by atoms with E-state index in [-0.39, 0.29) is 0 Å². The van der Waals surface area contributed by atoms with Crippen LogP contribution in [0.3, 0.4) is 0 Å². The fourth-order valence-electron chi connectivity index (χ4n) is 1.63. The SMILES string of the molecule is C/C(=N\O)c1ccc(-c2ccc(Cl)cc2C)o1. The highest BCUT2D eigenvalue weighted by Gasteiger charge is 2.09. The highest BCUT2D eigenvalue weighted by atomic mass is 35.5. The van der Waals surface area contributed by atoms with Gasteiger partial charge in [0.25, 0.3) is 0 Å². The Balaban J connectivity index is 2.44. The molecule has 0 atom stereocenters. The zero-order valence-corrected chi connectivity index (χ0v) is 10.3. The summed E-state index contributed by atoms with van der Waals surface area (Å²) in [5.74, 6) is 1.29. The predicted molar refractivity (Wildman–Crippen MR) is 67.9 cm³/mol. The first-order valence-corrected chi connectivity index (χ1v) is 5.55. The van der Waals surface area contributed by atoms with E-state index in [4.69, 9.17) is 21.2 Å². The number of hydrogen-bond acceptors (Lipinski definition) is 3. The molecule has 3 nitrogen and oxygen atoms in total. The number of hydrogen-bond donors (Lipinski definition) is 1. The first-order valence-electron chi connectivity index (χ1n) is 5.17. The van der Waals surface area contributed by atoms with Crippen LogP contribution in [0.2, 0.25) is 5.02 Å². The van der Waals surface area contributed by atoms with Crippen LogP contribution in [0.25, 0.3) is 11.3 Å². The first-order chi connectivity index (χ1) is 8.11. The maximum Gasteiger partial charge on any atom is 0.152 e. The van der Waals surface area contributed by atoms with Gasteiger partial charge in [-0.2, -0.15) is 0 Å². The molecule has 0 amide bonds. The van der Waals surface area contributed by atoms with Crippen LogP contribution in [0.5, 0.6) is 0 Å². The number of rotatable bonds is 2. The maximum atomic E-state index is 8.67. The molecule has 88 valence electrons. The molecule has 1 aromatic carbocycles. The Labute approximate surface area is 104 Å². The number of aryl methyl sites for hydroxylation is 1. The van der Waals surface area contributed by atoms with Gasteiger partial charge in [0.1, 0.15) is 11.5 Å². The zero-order valence-electron chi connectivity index (χ0n) is 9.57. The molecule has 0 radical (unpaired) electrons. The van der Waals surface area contributed by atoms with E-state index in [2.05, 4.69) is 5.16 Å². The summed E-state index contributed by atoms with van der Waals surface area (Å²) in [6.45, 7) is 3.65. The van der Waals surface area contributed by atoms with Crippen molar-refractivity contribution in [2.45, 2.75) is 13.8 Å². The van der Waals surface area contributed by atoms with Gasteiger partial charge in [-0.05, 0) is 49.7 Å². The van der Waals surface area contributed by atoms with Gasteiger partial charge in [0.05, 0.1) is 0 Å². The molecule has 0 saturated carbocycles. The average Bonchev–Trinajstić information content (AvgIpc) is 2.77. The van der Waals surface area contributed by atoms with Gasteiger partial charge in [0.15, 0.2) is 5.76 Å². The molecule has 0 aliphatic rings. The molecule has 2 aromatic rings. The van der Waals surface area contributed by atoms with E-state index in [0.29, 0.717) is 16.5 Å². The molecular weight excluding hydrogens is 238 g/mol. The van der Waals surface area contributed by atoms with E-state index >= 15 is 0 Å². The van der Waals surface area contributed by atoms with Crippen LogP contribution >= 0.6 is 11.6 Å². The second kappa shape index (κ2) is 4.63. The average molecular weight is 250 g/mol. The summed E-state index contributed by atoms with van der Waals surface area (Å²) in [6.07, 6.45) is 0. The van der Waals surface area contributed by atoms with Crippen molar-refractivity contribution in [1.29, 1.82) is 0 Å². The number of furan rings is 1. The van der Waals surface area contributed by atoms with Crippen LogP contribution in [0.15, 0.2) is 39.9 Å². The van der Waals surface area contributed by atoms with Crippen LogP contribution < -0.4 is 0 Å². The maximum absolute atomic E-state index is 8.67. The lowest BCUT2D eigenvalue weighted by molar-refractivity contribution is 0.317. The number of benzene rings is 1. The molecule has 1 aromatic heterocycles. The third-order valence-electron chi connectivity index (χ3n) is 2.57. The van der Waals surface area contributed by atoms with E-state index < -0.39 is 0 Å². The summed E-state index contributed by atoms with van der Waals surface area (Å²) < 4.78 is 5.61. The van der Waals surface area contributed by atoms with Crippen LogP contribution in [0.1, 0.15) is 18.2 Å². The molecule has 0 saturated heterocycles. The monoisotopic (exact) mass is 249 g/mol. The molecule has 0 spiro atoms.